The van der Waals surface area contributed by atoms with Crippen molar-refractivity contribution in [2.45, 2.75) is 45.4 Å². The summed E-state index contributed by atoms with van der Waals surface area (Å²) in [7, 11) is 0. The number of hydrogen-bond acceptors (Lipinski definition) is 3. The Kier molecular flexibility index (Phi) is 6.49. The number of halogens is 2. The molecule has 0 unspecified atom stereocenters. The largest absolute Gasteiger partial charge is 0.274 e. The van der Waals surface area contributed by atoms with E-state index in [4.69, 9.17) is 16.6 Å². The Morgan fingerprint density at radius 2 is 1.90 bits per heavy atom. The fourth-order valence-electron chi connectivity index (χ4n) is 3.99. The molecule has 3 nitrogen and oxygen atoms in total. The standard InChI is InChI=1S/C24H24ClFN2OS/c1-2-21-22(16-11-13-18(25)14-12-16)27-24(30-21)28(20-10-6-9-19(26)15-20)23(29)17-7-4-3-5-8-17/h6,9-15,17H,2-5,7-8H2,1H3. The van der Waals surface area contributed by atoms with Crippen LogP contribution in [-0.4, -0.2) is 10.9 Å². The molecule has 0 aliphatic heterocycles. The van der Waals surface area contributed by atoms with Crippen molar-refractivity contribution in [3.8, 4) is 11.3 Å². The normalized spacial score (nSPS) is 14.6. The van der Waals surface area contributed by atoms with E-state index in [9.17, 15) is 9.18 Å². The van der Waals surface area contributed by atoms with Gasteiger partial charge in [-0.15, -0.1) is 11.3 Å². The molecule has 1 fully saturated rings. The van der Waals surface area contributed by atoms with E-state index in [1.54, 1.807) is 17.0 Å². The van der Waals surface area contributed by atoms with Crippen LogP contribution in [0.15, 0.2) is 48.5 Å². The summed E-state index contributed by atoms with van der Waals surface area (Å²) in [5.41, 5.74) is 2.35. The van der Waals surface area contributed by atoms with Crippen LogP contribution < -0.4 is 4.90 Å². The van der Waals surface area contributed by atoms with Crippen LogP contribution in [0.1, 0.15) is 43.9 Å². The van der Waals surface area contributed by atoms with Crippen LogP contribution in [-0.2, 0) is 11.2 Å². The predicted molar refractivity (Wildman–Crippen MR) is 122 cm³/mol. The first-order valence-electron chi connectivity index (χ1n) is 10.4. The lowest BCUT2D eigenvalue weighted by atomic mass is 9.88. The number of benzene rings is 2. The molecule has 4 rings (SSSR count). The molecule has 0 atom stereocenters. The average molecular weight is 443 g/mol. The quantitative estimate of drug-likeness (QED) is 0.412. The number of aromatic nitrogens is 1. The third-order valence-electron chi connectivity index (χ3n) is 5.56. The zero-order valence-corrected chi connectivity index (χ0v) is 18.5. The van der Waals surface area contributed by atoms with E-state index in [1.165, 1.54) is 29.9 Å². The Hall–Kier alpha value is -2.24. The van der Waals surface area contributed by atoms with Gasteiger partial charge in [0.2, 0.25) is 5.91 Å². The Balaban J connectivity index is 1.78. The number of nitrogens with zero attached hydrogens (tertiary/aromatic N) is 2. The van der Waals surface area contributed by atoms with Gasteiger partial charge in [0.1, 0.15) is 5.82 Å². The van der Waals surface area contributed by atoms with Crippen molar-refractivity contribution in [3.05, 3.63) is 64.2 Å². The lowest BCUT2D eigenvalue weighted by Gasteiger charge is -2.27. The molecule has 1 aliphatic rings. The van der Waals surface area contributed by atoms with Crippen LogP contribution >= 0.6 is 22.9 Å². The van der Waals surface area contributed by atoms with Gasteiger partial charge in [-0.05, 0) is 49.6 Å². The van der Waals surface area contributed by atoms with Crippen LogP contribution in [0.25, 0.3) is 11.3 Å². The van der Waals surface area contributed by atoms with Crippen molar-refractivity contribution in [2.75, 3.05) is 4.90 Å². The van der Waals surface area contributed by atoms with E-state index in [1.807, 2.05) is 24.3 Å². The van der Waals surface area contributed by atoms with E-state index in [0.717, 1.165) is 48.2 Å². The highest BCUT2D eigenvalue weighted by Crippen LogP contribution is 2.39. The Morgan fingerprint density at radius 1 is 1.17 bits per heavy atom. The minimum atomic E-state index is -0.362. The smallest absolute Gasteiger partial charge is 0.236 e. The molecule has 1 aromatic heterocycles. The van der Waals surface area contributed by atoms with Gasteiger partial charge in [0.05, 0.1) is 11.4 Å². The second-order valence-electron chi connectivity index (χ2n) is 7.62. The average Bonchev–Trinajstić information content (AvgIpc) is 3.19. The molecule has 2 aromatic carbocycles. The molecule has 0 saturated heterocycles. The molecule has 0 bridgehead atoms. The van der Waals surface area contributed by atoms with Crippen LogP contribution in [0.3, 0.4) is 0 Å². The molecule has 0 radical (unpaired) electrons. The van der Waals surface area contributed by atoms with Gasteiger partial charge in [0, 0.05) is 21.4 Å². The maximum Gasteiger partial charge on any atom is 0.236 e. The highest BCUT2D eigenvalue weighted by Gasteiger charge is 2.31. The van der Waals surface area contributed by atoms with E-state index in [0.29, 0.717) is 15.8 Å². The Labute approximate surface area is 185 Å². The highest BCUT2D eigenvalue weighted by atomic mass is 35.5. The van der Waals surface area contributed by atoms with Crippen molar-refractivity contribution < 1.29 is 9.18 Å². The second-order valence-corrected chi connectivity index (χ2v) is 9.12. The molecule has 0 N–H and O–H groups in total. The number of thiazole rings is 1. The Morgan fingerprint density at radius 3 is 2.57 bits per heavy atom. The van der Waals surface area contributed by atoms with Crippen LogP contribution in [0.5, 0.6) is 0 Å². The molecular weight excluding hydrogens is 419 g/mol. The lowest BCUT2D eigenvalue weighted by molar-refractivity contribution is -0.122. The second kappa shape index (κ2) is 9.27. The SMILES string of the molecule is CCc1sc(N(C(=O)C2CCCCC2)c2cccc(F)c2)nc1-c1ccc(Cl)cc1. The van der Waals surface area contributed by atoms with Gasteiger partial charge in [-0.3, -0.25) is 9.69 Å². The molecule has 1 amide bonds. The monoisotopic (exact) mass is 442 g/mol. The van der Waals surface area contributed by atoms with E-state index < -0.39 is 0 Å². The number of aryl methyl sites for hydroxylation is 1. The summed E-state index contributed by atoms with van der Waals surface area (Å²) in [5.74, 6) is -0.395. The van der Waals surface area contributed by atoms with E-state index in [2.05, 4.69) is 6.92 Å². The maximum atomic E-state index is 14.0. The molecule has 0 spiro atoms. The van der Waals surface area contributed by atoms with Gasteiger partial charge in [-0.25, -0.2) is 9.37 Å². The fraction of sp³-hybridized carbons (Fsp3) is 0.333. The summed E-state index contributed by atoms with van der Waals surface area (Å²) >= 11 is 7.54. The zero-order valence-electron chi connectivity index (χ0n) is 16.9. The van der Waals surface area contributed by atoms with Crippen molar-refractivity contribution in [3.63, 3.8) is 0 Å². The van der Waals surface area contributed by atoms with Gasteiger partial charge in [-0.2, -0.15) is 0 Å². The van der Waals surface area contributed by atoms with Gasteiger partial charge >= 0.3 is 0 Å². The number of anilines is 2. The van der Waals surface area contributed by atoms with Gasteiger partial charge in [-0.1, -0.05) is 56.0 Å². The molecule has 6 heteroatoms. The summed E-state index contributed by atoms with van der Waals surface area (Å²) in [6.45, 7) is 2.08. The van der Waals surface area contributed by atoms with Crippen molar-refractivity contribution in [1.29, 1.82) is 0 Å². The summed E-state index contributed by atoms with van der Waals surface area (Å²) < 4.78 is 14.0. The highest BCUT2D eigenvalue weighted by molar-refractivity contribution is 7.16. The molecule has 30 heavy (non-hydrogen) atoms. The van der Waals surface area contributed by atoms with Crippen molar-refractivity contribution in [2.24, 2.45) is 5.92 Å². The fourth-order valence-corrected chi connectivity index (χ4v) is 5.16. The number of amides is 1. The van der Waals surface area contributed by atoms with Crippen LogP contribution in [0.2, 0.25) is 5.02 Å². The topological polar surface area (TPSA) is 33.2 Å². The molecule has 1 saturated carbocycles. The predicted octanol–water partition coefficient (Wildman–Crippen LogP) is 7.41. The first-order valence-corrected chi connectivity index (χ1v) is 11.6. The summed E-state index contributed by atoms with van der Waals surface area (Å²) in [6, 6.07) is 13.8. The zero-order chi connectivity index (χ0) is 21.1. The molecular formula is C24H24ClFN2OS. The lowest BCUT2D eigenvalue weighted by Crippen LogP contribution is -2.33. The Bertz CT molecular complexity index is 1030. The van der Waals surface area contributed by atoms with Crippen molar-refractivity contribution >= 4 is 39.7 Å². The van der Waals surface area contributed by atoms with E-state index >= 15 is 0 Å². The third-order valence-corrected chi connectivity index (χ3v) is 6.99. The number of carbonyl (C=O) groups is 1. The molecule has 3 aromatic rings. The van der Waals surface area contributed by atoms with Crippen LogP contribution in [0.4, 0.5) is 15.2 Å². The van der Waals surface area contributed by atoms with Gasteiger partial charge in [0.25, 0.3) is 0 Å². The minimum Gasteiger partial charge on any atom is -0.274 e. The number of rotatable bonds is 5. The molecule has 1 aliphatic carbocycles. The minimum absolute atomic E-state index is 0.0133. The summed E-state index contributed by atoms with van der Waals surface area (Å²) in [6.07, 6.45) is 5.83. The van der Waals surface area contributed by atoms with Gasteiger partial charge in [0.15, 0.2) is 5.13 Å². The maximum absolute atomic E-state index is 14.0. The van der Waals surface area contributed by atoms with Crippen LogP contribution in [0, 0.1) is 11.7 Å². The van der Waals surface area contributed by atoms with Gasteiger partial charge < -0.3 is 0 Å². The third kappa shape index (κ3) is 4.42. The number of carbonyl (C=O) groups excluding carboxylic acids is 1. The summed E-state index contributed by atoms with van der Waals surface area (Å²) in [5, 5.41) is 1.26. The van der Waals surface area contributed by atoms with E-state index in [-0.39, 0.29) is 17.6 Å². The van der Waals surface area contributed by atoms with Crippen molar-refractivity contribution in [1.82, 2.24) is 4.98 Å². The first-order chi connectivity index (χ1) is 14.6. The first kappa shape index (κ1) is 21.0. The number of hydrogen-bond donors (Lipinski definition) is 0. The molecule has 1 heterocycles. The molecule has 156 valence electrons. The summed E-state index contributed by atoms with van der Waals surface area (Å²) in [4.78, 5) is 21.1.